The number of hydrogen-bond donors (Lipinski definition) is 5. The average Bonchev–Trinajstić information content (AvgIpc) is 3.51. The van der Waals surface area contributed by atoms with Crippen LogP contribution in [0.5, 0.6) is 0 Å². The number of H-pyrrole nitrogens is 1. The van der Waals surface area contributed by atoms with Gasteiger partial charge >= 0.3 is 0 Å². The van der Waals surface area contributed by atoms with Gasteiger partial charge in [-0.15, -0.1) is 0 Å². The van der Waals surface area contributed by atoms with E-state index in [2.05, 4.69) is 21.5 Å². The maximum Gasteiger partial charge on any atom is 0.261 e. The lowest BCUT2D eigenvalue weighted by Gasteiger charge is -2.42. The van der Waals surface area contributed by atoms with Crippen LogP contribution < -0.4 is 10.9 Å². The Hall–Kier alpha value is -2.84. The molecule has 0 spiro atoms. The van der Waals surface area contributed by atoms with Crippen molar-refractivity contribution in [3.8, 4) is 6.07 Å². The summed E-state index contributed by atoms with van der Waals surface area (Å²) in [6.45, 7) is 3.25. The molecule has 0 bridgehead atoms. The Morgan fingerprint density at radius 2 is 2.12 bits per heavy atom. The number of fused-ring (bicyclic) bond motifs is 2. The molecule has 0 saturated heterocycles. The van der Waals surface area contributed by atoms with Crippen molar-refractivity contribution in [3.63, 3.8) is 0 Å². The van der Waals surface area contributed by atoms with Crippen molar-refractivity contribution in [2.24, 2.45) is 5.92 Å². The molecule has 0 amide bonds. The maximum absolute atomic E-state index is 12.7. The lowest BCUT2D eigenvalue weighted by atomic mass is 9.98. The minimum atomic E-state index is -3.16. The van der Waals surface area contributed by atoms with Crippen LogP contribution in [0, 0.1) is 17.2 Å². The van der Waals surface area contributed by atoms with Crippen LogP contribution in [-0.4, -0.2) is 33.7 Å². The Labute approximate surface area is 186 Å². The van der Waals surface area contributed by atoms with Crippen LogP contribution in [0.25, 0.3) is 10.9 Å². The number of aromatic amines is 1. The number of anilines is 2. The Balaban J connectivity index is 1.59. The molecule has 3 aromatic rings. The summed E-state index contributed by atoms with van der Waals surface area (Å²) in [5.41, 5.74) is 1.37. The quantitative estimate of drug-likeness (QED) is 0.386. The van der Waals surface area contributed by atoms with Crippen LogP contribution >= 0.6 is 10.6 Å². The van der Waals surface area contributed by atoms with Gasteiger partial charge in [-0.1, -0.05) is 0 Å². The zero-order chi connectivity index (χ0) is 22.8. The topological polar surface area (TPSA) is 147 Å². The van der Waals surface area contributed by atoms with Crippen molar-refractivity contribution in [1.29, 1.82) is 5.26 Å². The van der Waals surface area contributed by atoms with E-state index in [9.17, 15) is 24.3 Å². The molecule has 168 valence electrons. The number of nitrogens with one attached hydrogen (secondary N) is 2. The Kier molecular flexibility index (Phi) is 4.65. The maximum atomic E-state index is 12.7. The number of aliphatic hydroxyl groups excluding tert-OH is 1. The van der Waals surface area contributed by atoms with E-state index in [-0.39, 0.29) is 11.6 Å². The molecular formula is C22H25N5O4S. The monoisotopic (exact) mass is 455 g/mol. The number of nitriles is 1. The first-order valence-electron chi connectivity index (χ1n) is 10.5. The second kappa shape index (κ2) is 7.08. The summed E-state index contributed by atoms with van der Waals surface area (Å²) >= 11 is 0. The number of pyridine rings is 1. The highest BCUT2D eigenvalue weighted by Gasteiger charge is 2.51. The number of aromatic nitrogens is 3. The van der Waals surface area contributed by atoms with Crippen LogP contribution in [0.2, 0.25) is 0 Å². The van der Waals surface area contributed by atoms with Crippen molar-refractivity contribution in [2.75, 3.05) is 5.32 Å². The standard InChI is InChI=1S/C22H25N5O4S/c1-22(2)19(28)14-11-13(5-6-17(14)32(22,30)31)25-20-18-16(8-10-24-21(18)29)27(26-20)15(7-9-23)12-3-4-12/h5-6,8,10-12,15,19,28,30-31H,3-4,7H2,1-2H3,(H,24,29)(H,25,26)/t15-,19-/m0/s1. The Morgan fingerprint density at radius 3 is 2.81 bits per heavy atom. The third-order valence-corrected chi connectivity index (χ3v) is 9.35. The van der Waals surface area contributed by atoms with Gasteiger partial charge in [0.25, 0.3) is 5.56 Å². The molecule has 5 N–H and O–H groups in total. The van der Waals surface area contributed by atoms with Gasteiger partial charge in [-0.05, 0) is 56.9 Å². The second-order valence-corrected chi connectivity index (χ2v) is 11.6. The van der Waals surface area contributed by atoms with Crippen LogP contribution in [-0.2, 0) is 0 Å². The van der Waals surface area contributed by atoms with Gasteiger partial charge in [0.2, 0.25) is 0 Å². The summed E-state index contributed by atoms with van der Waals surface area (Å²) in [5.74, 6) is 0.719. The molecule has 2 atom stereocenters. The van der Waals surface area contributed by atoms with E-state index < -0.39 is 21.4 Å². The first-order valence-corrected chi connectivity index (χ1v) is 12.0. The molecule has 9 nitrogen and oxygen atoms in total. The SMILES string of the molecule is CC1(C)[C@@H](O)c2cc(Nc3nn([C@@H](CC#N)C4CC4)c4cc[nH]c(=O)c34)ccc2S1(O)O. The third-order valence-electron chi connectivity index (χ3n) is 6.68. The molecule has 1 saturated carbocycles. The molecule has 3 heterocycles. The van der Waals surface area contributed by atoms with Gasteiger partial charge in [0.1, 0.15) is 11.5 Å². The van der Waals surface area contributed by atoms with Gasteiger partial charge < -0.3 is 15.4 Å². The van der Waals surface area contributed by atoms with Crippen molar-refractivity contribution in [2.45, 2.75) is 54.9 Å². The van der Waals surface area contributed by atoms with E-state index in [1.165, 1.54) is 0 Å². The zero-order valence-electron chi connectivity index (χ0n) is 17.7. The molecule has 1 aliphatic heterocycles. The highest BCUT2D eigenvalue weighted by atomic mass is 32.3. The predicted molar refractivity (Wildman–Crippen MR) is 122 cm³/mol. The van der Waals surface area contributed by atoms with Crippen molar-refractivity contribution >= 4 is 33.0 Å². The van der Waals surface area contributed by atoms with Gasteiger partial charge in [-0.3, -0.25) is 18.6 Å². The fourth-order valence-electron chi connectivity index (χ4n) is 4.52. The first-order chi connectivity index (χ1) is 15.2. The molecule has 2 aromatic heterocycles. The first kappa shape index (κ1) is 21.0. The summed E-state index contributed by atoms with van der Waals surface area (Å²) in [7, 11) is -3.16. The van der Waals surface area contributed by atoms with E-state index in [0.29, 0.717) is 45.2 Å². The summed E-state index contributed by atoms with van der Waals surface area (Å²) in [6, 6.07) is 8.85. The van der Waals surface area contributed by atoms with Crippen LogP contribution in [0.4, 0.5) is 11.5 Å². The van der Waals surface area contributed by atoms with Crippen molar-refractivity contribution in [3.05, 3.63) is 46.4 Å². The van der Waals surface area contributed by atoms with Gasteiger partial charge in [0.05, 0.1) is 33.7 Å². The molecule has 1 aliphatic carbocycles. The van der Waals surface area contributed by atoms with Crippen LogP contribution in [0.3, 0.4) is 0 Å². The van der Waals surface area contributed by atoms with Gasteiger partial charge in [-0.25, -0.2) is 0 Å². The van der Waals surface area contributed by atoms with Gasteiger partial charge in [0, 0.05) is 17.4 Å². The van der Waals surface area contributed by atoms with E-state index in [1.807, 2.05) is 0 Å². The number of nitrogens with zero attached hydrogens (tertiary/aromatic N) is 3. The number of rotatable bonds is 5. The minimum Gasteiger partial charge on any atom is -0.386 e. The predicted octanol–water partition coefficient (Wildman–Crippen LogP) is 4.27. The molecule has 1 fully saturated rings. The molecular weight excluding hydrogens is 430 g/mol. The molecule has 1 aromatic carbocycles. The Bertz CT molecular complexity index is 1320. The number of hydrogen-bond acceptors (Lipinski definition) is 7. The highest BCUT2D eigenvalue weighted by molar-refractivity contribution is 8.25. The second-order valence-electron chi connectivity index (χ2n) is 9.06. The highest BCUT2D eigenvalue weighted by Crippen LogP contribution is 2.70. The van der Waals surface area contributed by atoms with Crippen LogP contribution in [0.15, 0.2) is 40.2 Å². The van der Waals surface area contributed by atoms with E-state index in [0.717, 1.165) is 12.8 Å². The zero-order valence-corrected chi connectivity index (χ0v) is 18.6. The number of benzene rings is 1. The Morgan fingerprint density at radius 1 is 1.38 bits per heavy atom. The third kappa shape index (κ3) is 2.97. The average molecular weight is 456 g/mol. The smallest absolute Gasteiger partial charge is 0.261 e. The normalized spacial score (nSPS) is 22.8. The summed E-state index contributed by atoms with van der Waals surface area (Å²) in [5, 5.41) is 28.3. The van der Waals surface area contributed by atoms with E-state index in [4.69, 9.17) is 0 Å². The van der Waals surface area contributed by atoms with Gasteiger partial charge in [0.15, 0.2) is 5.82 Å². The van der Waals surface area contributed by atoms with Crippen molar-refractivity contribution < 1.29 is 14.2 Å². The fraction of sp³-hybridized carbons (Fsp3) is 0.409. The molecule has 0 unspecified atom stereocenters. The minimum absolute atomic E-state index is 0.101. The van der Waals surface area contributed by atoms with E-state index in [1.54, 1.807) is 49.0 Å². The fourth-order valence-corrected chi connectivity index (χ4v) is 6.28. The number of aliphatic hydroxyl groups is 1. The lowest BCUT2D eigenvalue weighted by molar-refractivity contribution is 0.140. The molecule has 2 aliphatic rings. The van der Waals surface area contributed by atoms with Gasteiger partial charge in [-0.2, -0.15) is 21.0 Å². The largest absolute Gasteiger partial charge is 0.386 e. The molecule has 5 rings (SSSR count). The summed E-state index contributed by atoms with van der Waals surface area (Å²) in [6.07, 6.45) is 2.90. The van der Waals surface area contributed by atoms with Crippen LogP contribution in [0.1, 0.15) is 50.8 Å². The summed E-state index contributed by atoms with van der Waals surface area (Å²) in [4.78, 5) is 15.7. The summed E-state index contributed by atoms with van der Waals surface area (Å²) < 4.78 is 22.0. The molecule has 10 heteroatoms. The van der Waals surface area contributed by atoms with Crippen molar-refractivity contribution in [1.82, 2.24) is 14.8 Å². The lowest BCUT2D eigenvalue weighted by Crippen LogP contribution is -2.29. The molecule has 32 heavy (non-hydrogen) atoms. The van der Waals surface area contributed by atoms with E-state index >= 15 is 0 Å². The molecule has 0 radical (unpaired) electrons.